The first kappa shape index (κ1) is 13.9. The van der Waals surface area contributed by atoms with Crippen molar-refractivity contribution in [1.82, 2.24) is 5.32 Å². The zero-order chi connectivity index (χ0) is 14.0. The minimum atomic E-state index is -4.35. The smallest absolute Gasteiger partial charge is 0.416 e. The van der Waals surface area contributed by atoms with Crippen LogP contribution in [0.4, 0.5) is 13.2 Å². The van der Waals surface area contributed by atoms with Crippen LogP contribution in [0.2, 0.25) is 0 Å². The van der Waals surface area contributed by atoms with Gasteiger partial charge in [0.05, 0.1) is 12.7 Å². The average molecular weight is 271 g/mol. The standard InChI is InChI=1S/C14H16F3NO/c1-9-6-11(10-4-3-5-18-8-10)13(19-2)7-12(9)14(15,16)17/h4,6-7,18H,3,5,8H2,1-2H3. The Labute approximate surface area is 110 Å². The molecular formula is C14H16F3NO. The maximum absolute atomic E-state index is 12.9. The molecule has 2 rings (SSSR count). The molecule has 0 fully saturated rings. The van der Waals surface area contributed by atoms with E-state index in [0.29, 0.717) is 6.54 Å². The van der Waals surface area contributed by atoms with Crippen molar-refractivity contribution in [1.29, 1.82) is 0 Å². The Morgan fingerprint density at radius 1 is 1.26 bits per heavy atom. The Balaban J connectivity index is 2.51. The molecule has 0 radical (unpaired) electrons. The van der Waals surface area contributed by atoms with Crippen LogP contribution in [0.5, 0.6) is 5.75 Å². The summed E-state index contributed by atoms with van der Waals surface area (Å²) in [7, 11) is 1.39. The van der Waals surface area contributed by atoms with Gasteiger partial charge in [0.15, 0.2) is 0 Å². The van der Waals surface area contributed by atoms with Crippen molar-refractivity contribution in [2.24, 2.45) is 0 Å². The van der Waals surface area contributed by atoms with Gasteiger partial charge in [0.25, 0.3) is 0 Å². The summed E-state index contributed by atoms with van der Waals surface area (Å²) in [6.45, 7) is 3.02. The number of hydrogen-bond acceptors (Lipinski definition) is 2. The van der Waals surface area contributed by atoms with Crippen LogP contribution in [-0.4, -0.2) is 20.2 Å². The molecule has 1 aromatic carbocycles. The highest BCUT2D eigenvalue weighted by molar-refractivity contribution is 5.73. The van der Waals surface area contributed by atoms with Gasteiger partial charge in [0.1, 0.15) is 5.75 Å². The number of ether oxygens (including phenoxy) is 1. The molecule has 0 spiro atoms. The van der Waals surface area contributed by atoms with E-state index in [9.17, 15) is 13.2 Å². The van der Waals surface area contributed by atoms with Crippen molar-refractivity contribution < 1.29 is 17.9 Å². The van der Waals surface area contributed by atoms with Crippen LogP contribution in [0.3, 0.4) is 0 Å². The molecule has 0 amide bonds. The summed E-state index contributed by atoms with van der Waals surface area (Å²) in [4.78, 5) is 0. The van der Waals surface area contributed by atoms with E-state index in [0.717, 1.165) is 30.2 Å². The Morgan fingerprint density at radius 3 is 2.53 bits per heavy atom. The van der Waals surface area contributed by atoms with Crippen LogP contribution in [-0.2, 0) is 6.18 Å². The fourth-order valence-corrected chi connectivity index (χ4v) is 2.26. The van der Waals surface area contributed by atoms with Crippen LogP contribution in [0, 0.1) is 6.92 Å². The van der Waals surface area contributed by atoms with E-state index in [1.165, 1.54) is 14.0 Å². The minimum absolute atomic E-state index is 0.217. The van der Waals surface area contributed by atoms with E-state index in [1.54, 1.807) is 6.07 Å². The van der Waals surface area contributed by atoms with E-state index in [4.69, 9.17) is 4.74 Å². The maximum Gasteiger partial charge on any atom is 0.416 e. The summed E-state index contributed by atoms with van der Waals surface area (Å²) in [6, 6.07) is 2.64. The van der Waals surface area contributed by atoms with Gasteiger partial charge in [-0.3, -0.25) is 0 Å². The molecule has 19 heavy (non-hydrogen) atoms. The summed E-state index contributed by atoms with van der Waals surface area (Å²) in [5, 5.41) is 3.20. The highest BCUT2D eigenvalue weighted by atomic mass is 19.4. The first-order chi connectivity index (χ1) is 8.93. The molecule has 1 aliphatic heterocycles. The predicted molar refractivity (Wildman–Crippen MR) is 68.2 cm³/mol. The van der Waals surface area contributed by atoms with Crippen LogP contribution in [0.25, 0.3) is 5.57 Å². The van der Waals surface area contributed by atoms with Crippen LogP contribution in [0.15, 0.2) is 18.2 Å². The largest absolute Gasteiger partial charge is 0.496 e. The third-order valence-corrected chi connectivity index (χ3v) is 3.23. The molecule has 0 atom stereocenters. The van der Waals surface area contributed by atoms with Crippen LogP contribution in [0.1, 0.15) is 23.1 Å². The van der Waals surface area contributed by atoms with Crippen LogP contribution < -0.4 is 10.1 Å². The Hall–Kier alpha value is -1.49. The lowest BCUT2D eigenvalue weighted by molar-refractivity contribution is -0.138. The van der Waals surface area contributed by atoms with Gasteiger partial charge in [0.2, 0.25) is 0 Å². The second kappa shape index (κ2) is 5.25. The fourth-order valence-electron chi connectivity index (χ4n) is 2.26. The molecule has 0 saturated heterocycles. The third kappa shape index (κ3) is 2.92. The van der Waals surface area contributed by atoms with E-state index < -0.39 is 11.7 Å². The molecule has 1 heterocycles. The number of rotatable bonds is 2. The monoisotopic (exact) mass is 271 g/mol. The fraction of sp³-hybridized carbons (Fsp3) is 0.429. The topological polar surface area (TPSA) is 21.3 Å². The van der Waals surface area contributed by atoms with Crippen molar-refractivity contribution in [3.8, 4) is 5.75 Å². The van der Waals surface area contributed by atoms with Crippen molar-refractivity contribution in [2.45, 2.75) is 19.5 Å². The molecule has 1 N–H and O–H groups in total. The van der Waals surface area contributed by atoms with Gasteiger partial charge >= 0.3 is 6.18 Å². The number of methoxy groups -OCH3 is 1. The number of aryl methyl sites for hydroxylation is 1. The van der Waals surface area contributed by atoms with E-state index in [1.807, 2.05) is 6.08 Å². The van der Waals surface area contributed by atoms with Gasteiger partial charge in [0, 0.05) is 12.1 Å². The van der Waals surface area contributed by atoms with Gasteiger partial charge in [-0.05, 0) is 43.2 Å². The normalized spacial score (nSPS) is 16.2. The lowest BCUT2D eigenvalue weighted by atomic mass is 9.96. The van der Waals surface area contributed by atoms with Crippen molar-refractivity contribution in [3.63, 3.8) is 0 Å². The number of halogens is 3. The highest BCUT2D eigenvalue weighted by Crippen LogP contribution is 2.38. The highest BCUT2D eigenvalue weighted by Gasteiger charge is 2.33. The van der Waals surface area contributed by atoms with E-state index in [2.05, 4.69) is 5.32 Å². The summed E-state index contributed by atoms with van der Waals surface area (Å²) in [5.74, 6) is 0.271. The van der Waals surface area contributed by atoms with Gasteiger partial charge in [-0.2, -0.15) is 13.2 Å². The predicted octanol–water partition coefficient (Wildman–Crippen LogP) is 3.40. The van der Waals surface area contributed by atoms with E-state index in [-0.39, 0.29) is 11.3 Å². The molecule has 0 unspecified atom stereocenters. The average Bonchev–Trinajstić information content (AvgIpc) is 2.38. The molecule has 1 aliphatic rings. The van der Waals surface area contributed by atoms with Crippen molar-refractivity contribution in [3.05, 3.63) is 34.9 Å². The lowest BCUT2D eigenvalue weighted by Gasteiger charge is -2.20. The molecule has 0 saturated carbocycles. The van der Waals surface area contributed by atoms with Crippen molar-refractivity contribution >= 4 is 5.57 Å². The summed E-state index contributed by atoms with van der Waals surface area (Å²) < 4.78 is 43.7. The second-order valence-corrected chi connectivity index (χ2v) is 4.56. The molecule has 0 aliphatic carbocycles. The summed E-state index contributed by atoms with van der Waals surface area (Å²) in [5.41, 5.74) is 1.30. The van der Waals surface area contributed by atoms with Crippen LogP contribution >= 0.6 is 0 Å². The Morgan fingerprint density at radius 2 is 2.00 bits per heavy atom. The van der Waals surface area contributed by atoms with Gasteiger partial charge < -0.3 is 10.1 Å². The lowest BCUT2D eigenvalue weighted by Crippen LogP contribution is -2.22. The number of nitrogens with one attached hydrogen (secondary N) is 1. The third-order valence-electron chi connectivity index (χ3n) is 3.23. The Bertz CT molecular complexity index is 506. The summed E-state index contributed by atoms with van der Waals surface area (Å²) >= 11 is 0. The zero-order valence-electron chi connectivity index (χ0n) is 10.9. The number of benzene rings is 1. The molecule has 104 valence electrons. The minimum Gasteiger partial charge on any atom is -0.496 e. The Kier molecular flexibility index (Phi) is 3.85. The van der Waals surface area contributed by atoms with Gasteiger partial charge in [-0.15, -0.1) is 0 Å². The summed E-state index contributed by atoms with van der Waals surface area (Å²) in [6.07, 6.45) is -1.44. The maximum atomic E-state index is 12.9. The molecule has 2 nitrogen and oxygen atoms in total. The molecule has 0 aromatic heterocycles. The quantitative estimate of drug-likeness (QED) is 0.890. The molecule has 0 bridgehead atoms. The molecule has 5 heteroatoms. The van der Waals surface area contributed by atoms with E-state index >= 15 is 0 Å². The van der Waals surface area contributed by atoms with Gasteiger partial charge in [-0.1, -0.05) is 6.08 Å². The SMILES string of the molecule is COc1cc(C(F)(F)F)c(C)cc1C1=CCCNC1. The van der Waals surface area contributed by atoms with Gasteiger partial charge in [-0.25, -0.2) is 0 Å². The molecular weight excluding hydrogens is 255 g/mol. The first-order valence-electron chi connectivity index (χ1n) is 6.09. The number of alkyl halides is 3. The first-order valence-corrected chi connectivity index (χ1v) is 6.09. The molecule has 1 aromatic rings. The van der Waals surface area contributed by atoms with Crippen molar-refractivity contribution in [2.75, 3.05) is 20.2 Å². The number of hydrogen-bond donors (Lipinski definition) is 1. The zero-order valence-corrected chi connectivity index (χ0v) is 10.9. The second-order valence-electron chi connectivity index (χ2n) is 4.56.